The summed E-state index contributed by atoms with van der Waals surface area (Å²) in [5.74, 6) is -1.10. The van der Waals surface area contributed by atoms with Crippen molar-refractivity contribution in [1.82, 2.24) is 0 Å². The van der Waals surface area contributed by atoms with Crippen LogP contribution in [-0.2, 0) is 0 Å². The van der Waals surface area contributed by atoms with Gasteiger partial charge in [0.15, 0.2) is 34.7 Å². The molecule has 31 heavy (non-hydrogen) atoms. The van der Waals surface area contributed by atoms with Crippen LogP contribution in [0.3, 0.4) is 0 Å². The first-order valence-corrected chi connectivity index (χ1v) is 9.43. The van der Waals surface area contributed by atoms with Gasteiger partial charge in [0.25, 0.3) is 0 Å². The van der Waals surface area contributed by atoms with Crippen LogP contribution in [-0.4, -0.2) is 0 Å². The van der Waals surface area contributed by atoms with E-state index in [-0.39, 0.29) is 34.5 Å². The van der Waals surface area contributed by atoms with Gasteiger partial charge in [0.2, 0.25) is 0 Å². The largest absolute Gasteiger partial charge is 0.454 e. The molecule has 0 aliphatic carbocycles. The zero-order valence-corrected chi connectivity index (χ0v) is 16.4. The lowest BCUT2D eigenvalue weighted by molar-refractivity contribution is 0.404. The van der Waals surface area contributed by atoms with Gasteiger partial charge < -0.3 is 14.2 Å². The molecule has 0 atom stereocenters. The van der Waals surface area contributed by atoms with Crippen LogP contribution < -0.4 is 14.2 Å². The van der Waals surface area contributed by atoms with Gasteiger partial charge >= 0.3 is 0 Å². The first-order valence-electron chi connectivity index (χ1n) is 9.43. The van der Waals surface area contributed by atoms with E-state index < -0.39 is 17.5 Å². The molecule has 0 saturated heterocycles. The number of hydrogen-bond acceptors (Lipinski definition) is 3. The third-order valence-corrected chi connectivity index (χ3v) is 4.46. The van der Waals surface area contributed by atoms with Gasteiger partial charge in [0.1, 0.15) is 17.2 Å². The van der Waals surface area contributed by atoms with Crippen LogP contribution in [0.4, 0.5) is 13.2 Å². The third-order valence-electron chi connectivity index (χ3n) is 4.46. The summed E-state index contributed by atoms with van der Waals surface area (Å²) in [6.45, 7) is 1.68. The third kappa shape index (κ3) is 4.64. The highest BCUT2D eigenvalue weighted by Gasteiger charge is 2.16. The molecule has 0 amide bonds. The number of benzene rings is 4. The first-order chi connectivity index (χ1) is 15.0. The van der Waals surface area contributed by atoms with Crippen LogP contribution in [0.5, 0.6) is 34.5 Å². The minimum Gasteiger partial charge on any atom is -0.454 e. The summed E-state index contributed by atoms with van der Waals surface area (Å²) in [7, 11) is 0. The highest BCUT2D eigenvalue weighted by Crippen LogP contribution is 2.40. The summed E-state index contributed by atoms with van der Waals surface area (Å²) in [6.07, 6.45) is 0. The molecule has 0 unspecified atom stereocenters. The molecule has 4 aromatic carbocycles. The average molecular weight is 422 g/mol. The lowest BCUT2D eigenvalue weighted by atomic mass is 10.2. The zero-order chi connectivity index (χ0) is 21.8. The number of rotatable bonds is 6. The van der Waals surface area contributed by atoms with Crippen molar-refractivity contribution in [2.24, 2.45) is 0 Å². The quantitative estimate of drug-likeness (QED) is 0.317. The minimum atomic E-state index is -0.559. The van der Waals surface area contributed by atoms with E-state index in [1.165, 1.54) is 54.6 Å². The summed E-state index contributed by atoms with van der Waals surface area (Å²) in [5, 5.41) is 0. The van der Waals surface area contributed by atoms with E-state index in [2.05, 4.69) is 0 Å². The normalized spacial score (nSPS) is 10.6. The summed E-state index contributed by atoms with van der Waals surface area (Å²) in [4.78, 5) is 0. The van der Waals surface area contributed by atoms with Crippen LogP contribution >= 0.6 is 0 Å². The monoisotopic (exact) mass is 422 g/mol. The van der Waals surface area contributed by atoms with Crippen molar-refractivity contribution >= 4 is 0 Å². The Morgan fingerprint density at radius 3 is 1.23 bits per heavy atom. The maximum Gasteiger partial charge on any atom is 0.165 e. The summed E-state index contributed by atoms with van der Waals surface area (Å²) in [5.41, 5.74) is 0.479. The second-order valence-electron chi connectivity index (χ2n) is 6.64. The molecule has 0 radical (unpaired) electrons. The Hall–Kier alpha value is -3.93. The molecule has 0 fully saturated rings. The van der Waals surface area contributed by atoms with Crippen molar-refractivity contribution in [2.75, 3.05) is 0 Å². The molecule has 0 N–H and O–H groups in total. The van der Waals surface area contributed by atoms with Gasteiger partial charge in [-0.15, -0.1) is 0 Å². The van der Waals surface area contributed by atoms with Crippen LogP contribution in [0.2, 0.25) is 0 Å². The van der Waals surface area contributed by atoms with E-state index in [0.717, 1.165) is 0 Å². The molecular formula is C25H17F3O3. The maximum atomic E-state index is 14.1. The molecule has 6 heteroatoms. The zero-order valence-electron chi connectivity index (χ0n) is 16.4. The second kappa shape index (κ2) is 8.83. The number of para-hydroxylation sites is 3. The summed E-state index contributed by atoms with van der Waals surface area (Å²) in [6, 6.07) is 20.7. The van der Waals surface area contributed by atoms with Gasteiger partial charge in [0, 0.05) is 17.7 Å². The van der Waals surface area contributed by atoms with Crippen molar-refractivity contribution in [3.05, 3.63) is 108 Å². The van der Waals surface area contributed by atoms with Gasteiger partial charge in [-0.3, -0.25) is 0 Å². The molecule has 0 aliphatic heterocycles. The summed E-state index contributed by atoms with van der Waals surface area (Å²) < 4.78 is 59.4. The number of halogens is 3. The van der Waals surface area contributed by atoms with E-state index in [0.29, 0.717) is 5.56 Å². The van der Waals surface area contributed by atoms with E-state index in [9.17, 15) is 13.2 Å². The molecule has 156 valence electrons. The Balaban J connectivity index is 1.76. The van der Waals surface area contributed by atoms with Crippen molar-refractivity contribution in [3.63, 3.8) is 0 Å². The second-order valence-corrected chi connectivity index (χ2v) is 6.64. The highest BCUT2D eigenvalue weighted by molar-refractivity contribution is 5.53. The maximum absolute atomic E-state index is 14.1. The standard InChI is InChI=1S/C25H17F3O3/c1-16-24(30-22-12-6-3-9-19(22)27)14-17(29-21-11-5-2-8-18(21)26)15-25(16)31-23-13-7-4-10-20(23)28/h2-15H,1H3. The number of hydrogen-bond donors (Lipinski definition) is 0. The predicted molar refractivity (Wildman–Crippen MR) is 111 cm³/mol. The van der Waals surface area contributed by atoms with Crippen molar-refractivity contribution in [3.8, 4) is 34.5 Å². The molecule has 4 rings (SSSR count). The fourth-order valence-electron chi connectivity index (χ4n) is 2.86. The molecule has 0 aliphatic rings. The molecular weight excluding hydrogens is 405 g/mol. The van der Waals surface area contributed by atoms with Crippen molar-refractivity contribution in [2.45, 2.75) is 6.92 Å². The van der Waals surface area contributed by atoms with Gasteiger partial charge in [-0.2, -0.15) is 0 Å². The molecule has 0 saturated carbocycles. The highest BCUT2D eigenvalue weighted by atomic mass is 19.1. The van der Waals surface area contributed by atoms with E-state index in [1.54, 1.807) is 37.3 Å². The van der Waals surface area contributed by atoms with Crippen LogP contribution in [0.15, 0.2) is 84.9 Å². The molecule has 0 heterocycles. The predicted octanol–water partition coefficient (Wildman–Crippen LogP) is 7.79. The SMILES string of the molecule is Cc1c(Oc2ccccc2F)cc(Oc2ccccc2F)cc1Oc1ccccc1F. The fraction of sp³-hybridized carbons (Fsp3) is 0.0400. The van der Waals surface area contributed by atoms with Crippen molar-refractivity contribution < 1.29 is 27.4 Å². The van der Waals surface area contributed by atoms with E-state index >= 15 is 0 Å². The van der Waals surface area contributed by atoms with E-state index in [4.69, 9.17) is 14.2 Å². The van der Waals surface area contributed by atoms with Crippen LogP contribution in [0.1, 0.15) is 5.56 Å². The number of ether oxygens (including phenoxy) is 3. The molecule has 3 nitrogen and oxygen atoms in total. The molecule has 0 spiro atoms. The van der Waals surface area contributed by atoms with Gasteiger partial charge in [0.05, 0.1) is 0 Å². The average Bonchev–Trinajstić information content (AvgIpc) is 2.76. The Labute approximate surface area is 177 Å². The fourth-order valence-corrected chi connectivity index (χ4v) is 2.86. The Kier molecular flexibility index (Phi) is 5.80. The lowest BCUT2D eigenvalue weighted by Gasteiger charge is -2.17. The van der Waals surface area contributed by atoms with Gasteiger partial charge in [-0.05, 0) is 43.3 Å². The summed E-state index contributed by atoms with van der Waals surface area (Å²) >= 11 is 0. The molecule has 0 bridgehead atoms. The molecule has 4 aromatic rings. The first kappa shape index (κ1) is 20.3. The molecule has 0 aromatic heterocycles. The van der Waals surface area contributed by atoms with Crippen LogP contribution in [0, 0.1) is 24.4 Å². The lowest BCUT2D eigenvalue weighted by Crippen LogP contribution is -1.97. The topological polar surface area (TPSA) is 27.7 Å². The van der Waals surface area contributed by atoms with Gasteiger partial charge in [-0.1, -0.05) is 36.4 Å². The smallest absolute Gasteiger partial charge is 0.165 e. The van der Waals surface area contributed by atoms with Gasteiger partial charge in [-0.25, -0.2) is 13.2 Å². The van der Waals surface area contributed by atoms with Crippen molar-refractivity contribution in [1.29, 1.82) is 0 Å². The van der Waals surface area contributed by atoms with Crippen LogP contribution in [0.25, 0.3) is 0 Å². The Bertz CT molecular complexity index is 1160. The van der Waals surface area contributed by atoms with E-state index in [1.807, 2.05) is 0 Å². The Morgan fingerprint density at radius 1 is 0.484 bits per heavy atom. The Morgan fingerprint density at radius 2 is 0.839 bits per heavy atom. The minimum absolute atomic E-state index is 0.00881.